The zero-order valence-corrected chi connectivity index (χ0v) is 12.7. The van der Waals surface area contributed by atoms with Gasteiger partial charge in [-0.1, -0.05) is 23.5 Å². The number of aromatic nitrogens is 1. The van der Waals surface area contributed by atoms with E-state index in [1.54, 1.807) is 11.9 Å². The smallest absolute Gasteiger partial charge is 0.267 e. The van der Waals surface area contributed by atoms with Gasteiger partial charge < -0.3 is 21.3 Å². The Bertz CT molecular complexity index is 527. The zero-order chi connectivity index (χ0) is 14.9. The van der Waals surface area contributed by atoms with Gasteiger partial charge in [0.1, 0.15) is 10.7 Å². The molecule has 1 aromatic rings. The number of nitrogens with zero attached hydrogens (tertiary/aromatic N) is 3. The van der Waals surface area contributed by atoms with E-state index in [-0.39, 0.29) is 11.9 Å². The molecule has 1 aromatic heterocycles. The van der Waals surface area contributed by atoms with Crippen LogP contribution >= 0.6 is 11.3 Å². The molecule has 20 heavy (non-hydrogen) atoms. The van der Waals surface area contributed by atoms with Crippen LogP contribution in [0.15, 0.2) is 12.2 Å². The number of hydrogen-bond acceptors (Lipinski definition) is 6. The minimum absolute atomic E-state index is 0.113. The van der Waals surface area contributed by atoms with Crippen molar-refractivity contribution in [2.24, 2.45) is 5.73 Å². The average molecular weight is 295 g/mol. The number of hydrogen-bond donors (Lipinski definition) is 2. The Balaban J connectivity index is 2.15. The molecule has 110 valence electrons. The highest BCUT2D eigenvalue weighted by Gasteiger charge is 2.26. The van der Waals surface area contributed by atoms with Gasteiger partial charge in [-0.15, -0.1) is 0 Å². The monoisotopic (exact) mass is 295 g/mol. The minimum atomic E-state index is -0.113. The normalized spacial score (nSPS) is 18.4. The molecule has 1 amide bonds. The number of amides is 1. The van der Waals surface area contributed by atoms with E-state index in [1.165, 1.54) is 11.3 Å². The van der Waals surface area contributed by atoms with Crippen molar-refractivity contribution < 1.29 is 4.79 Å². The molecule has 0 aliphatic carbocycles. The van der Waals surface area contributed by atoms with Gasteiger partial charge in [0, 0.05) is 32.7 Å². The number of nitrogens with two attached hydrogens (primary N) is 2. The summed E-state index contributed by atoms with van der Waals surface area (Å²) in [5.74, 6) is 0.182. The lowest BCUT2D eigenvalue weighted by Crippen LogP contribution is -2.28. The van der Waals surface area contributed by atoms with E-state index in [0.717, 1.165) is 30.2 Å². The lowest BCUT2D eigenvalue weighted by Gasteiger charge is -2.16. The lowest BCUT2D eigenvalue weighted by atomic mass is 10.3. The van der Waals surface area contributed by atoms with Crippen molar-refractivity contribution >= 4 is 28.2 Å². The summed E-state index contributed by atoms with van der Waals surface area (Å²) in [4.78, 5) is 20.8. The minimum Gasteiger partial charge on any atom is -0.382 e. The van der Waals surface area contributed by atoms with Gasteiger partial charge in [-0.3, -0.25) is 4.79 Å². The SMILES string of the molecule is C=C(C)CN(C)C(=O)c1sc(N2CCC(N)C2)nc1N. The molecule has 1 atom stereocenters. The molecule has 0 bridgehead atoms. The van der Waals surface area contributed by atoms with E-state index in [2.05, 4.69) is 16.5 Å². The maximum Gasteiger partial charge on any atom is 0.267 e. The fourth-order valence-electron chi connectivity index (χ4n) is 2.22. The molecule has 6 nitrogen and oxygen atoms in total. The van der Waals surface area contributed by atoms with Gasteiger partial charge in [0.05, 0.1) is 0 Å². The van der Waals surface area contributed by atoms with Crippen LogP contribution < -0.4 is 16.4 Å². The van der Waals surface area contributed by atoms with Crippen LogP contribution in [0.25, 0.3) is 0 Å². The number of anilines is 2. The third kappa shape index (κ3) is 3.10. The van der Waals surface area contributed by atoms with Crippen molar-refractivity contribution in [3.05, 3.63) is 17.0 Å². The molecule has 2 heterocycles. The second kappa shape index (κ2) is 5.80. The van der Waals surface area contributed by atoms with Crippen molar-refractivity contribution in [2.45, 2.75) is 19.4 Å². The number of rotatable bonds is 4. The molecule has 1 fully saturated rings. The summed E-state index contributed by atoms with van der Waals surface area (Å²) in [5, 5.41) is 0.780. The third-order valence-electron chi connectivity index (χ3n) is 3.19. The Kier molecular flexibility index (Phi) is 4.29. The summed E-state index contributed by atoms with van der Waals surface area (Å²) >= 11 is 1.34. The molecule has 1 aliphatic heterocycles. The van der Waals surface area contributed by atoms with E-state index in [0.29, 0.717) is 17.2 Å². The second-order valence-corrected chi connectivity index (χ2v) is 6.30. The molecule has 1 unspecified atom stereocenters. The van der Waals surface area contributed by atoms with Gasteiger partial charge >= 0.3 is 0 Å². The summed E-state index contributed by atoms with van der Waals surface area (Å²) in [6.07, 6.45) is 0.943. The molecular formula is C13H21N5OS. The number of thiazole rings is 1. The van der Waals surface area contributed by atoms with Crippen LogP contribution in [-0.2, 0) is 0 Å². The first-order valence-corrected chi connectivity index (χ1v) is 7.36. The van der Waals surface area contributed by atoms with Crippen LogP contribution in [0.2, 0.25) is 0 Å². The molecule has 1 aliphatic rings. The first-order valence-electron chi connectivity index (χ1n) is 6.55. The lowest BCUT2D eigenvalue weighted by molar-refractivity contribution is 0.0812. The fourth-order valence-corrected chi connectivity index (χ4v) is 3.23. The maximum atomic E-state index is 12.3. The molecule has 2 rings (SSSR count). The van der Waals surface area contributed by atoms with Crippen LogP contribution in [0.4, 0.5) is 10.9 Å². The van der Waals surface area contributed by atoms with E-state index >= 15 is 0 Å². The standard InChI is InChI=1S/C13H21N5OS/c1-8(2)6-17(3)12(19)10-11(15)16-13(20-10)18-5-4-9(14)7-18/h9H,1,4-7,14-15H2,2-3H3. The van der Waals surface area contributed by atoms with E-state index < -0.39 is 0 Å². The van der Waals surface area contributed by atoms with Crippen LogP contribution in [-0.4, -0.2) is 48.5 Å². The topological polar surface area (TPSA) is 88.5 Å². The van der Waals surface area contributed by atoms with E-state index in [4.69, 9.17) is 11.5 Å². The Hall–Kier alpha value is -1.60. The van der Waals surface area contributed by atoms with E-state index in [9.17, 15) is 4.79 Å². The number of likely N-dealkylation sites (N-methyl/N-ethyl adjacent to an activating group) is 1. The van der Waals surface area contributed by atoms with Gasteiger partial charge in [0.2, 0.25) is 0 Å². The Morgan fingerprint density at radius 3 is 2.90 bits per heavy atom. The summed E-state index contributed by atoms with van der Waals surface area (Å²) in [6.45, 7) is 7.84. The summed E-state index contributed by atoms with van der Waals surface area (Å²) in [6, 6.07) is 0.172. The van der Waals surface area contributed by atoms with Crippen LogP contribution in [0, 0.1) is 0 Å². The summed E-state index contributed by atoms with van der Waals surface area (Å²) in [5.41, 5.74) is 12.7. The third-order valence-corrected chi connectivity index (χ3v) is 4.31. The number of carbonyl (C=O) groups is 1. The van der Waals surface area contributed by atoms with Crippen LogP contribution in [0.5, 0.6) is 0 Å². The molecule has 7 heteroatoms. The van der Waals surface area contributed by atoms with Gasteiger partial charge in [-0.25, -0.2) is 4.98 Å². The van der Waals surface area contributed by atoms with Crippen LogP contribution in [0.3, 0.4) is 0 Å². The first-order chi connectivity index (χ1) is 9.38. The first kappa shape index (κ1) is 14.8. The molecule has 1 saturated heterocycles. The van der Waals surface area contributed by atoms with Crippen LogP contribution in [0.1, 0.15) is 23.0 Å². The fraction of sp³-hybridized carbons (Fsp3) is 0.538. The molecule has 0 saturated carbocycles. The highest BCUT2D eigenvalue weighted by Crippen LogP contribution is 2.30. The maximum absolute atomic E-state index is 12.3. The second-order valence-electron chi connectivity index (χ2n) is 5.32. The predicted molar refractivity (Wildman–Crippen MR) is 83.1 cm³/mol. The van der Waals surface area contributed by atoms with E-state index in [1.807, 2.05) is 6.92 Å². The van der Waals surface area contributed by atoms with Gasteiger partial charge in [-0.05, 0) is 13.3 Å². The molecule has 4 N–H and O–H groups in total. The predicted octanol–water partition coefficient (Wildman–Crippen LogP) is 0.911. The van der Waals surface area contributed by atoms with Crippen molar-refractivity contribution in [3.63, 3.8) is 0 Å². The van der Waals surface area contributed by atoms with Gasteiger partial charge in [-0.2, -0.15) is 0 Å². The molecular weight excluding hydrogens is 274 g/mol. The average Bonchev–Trinajstić information content (AvgIpc) is 2.93. The van der Waals surface area contributed by atoms with Crippen molar-refractivity contribution in [1.82, 2.24) is 9.88 Å². The number of nitrogen functional groups attached to an aromatic ring is 1. The Morgan fingerprint density at radius 2 is 2.35 bits per heavy atom. The van der Waals surface area contributed by atoms with Crippen molar-refractivity contribution in [1.29, 1.82) is 0 Å². The van der Waals surface area contributed by atoms with Gasteiger partial charge in [0.15, 0.2) is 5.13 Å². The zero-order valence-electron chi connectivity index (χ0n) is 11.9. The molecule has 0 spiro atoms. The molecule has 0 aromatic carbocycles. The molecule has 0 radical (unpaired) electrons. The Morgan fingerprint density at radius 1 is 1.65 bits per heavy atom. The number of carbonyl (C=O) groups excluding carboxylic acids is 1. The largest absolute Gasteiger partial charge is 0.382 e. The summed E-state index contributed by atoms with van der Waals surface area (Å²) < 4.78 is 0. The summed E-state index contributed by atoms with van der Waals surface area (Å²) in [7, 11) is 1.74. The van der Waals surface area contributed by atoms with Crippen molar-refractivity contribution in [2.75, 3.05) is 37.3 Å². The quantitative estimate of drug-likeness (QED) is 0.806. The highest BCUT2D eigenvalue weighted by molar-refractivity contribution is 7.18. The van der Waals surface area contributed by atoms with Gasteiger partial charge in [0.25, 0.3) is 5.91 Å². The van der Waals surface area contributed by atoms with Crippen molar-refractivity contribution in [3.8, 4) is 0 Å². The highest BCUT2D eigenvalue weighted by atomic mass is 32.1. The Labute approximate surface area is 123 Å².